The number of anilines is 1. The van der Waals surface area contributed by atoms with E-state index in [-0.39, 0.29) is 16.9 Å². The molecule has 1 aliphatic heterocycles. The smallest absolute Gasteiger partial charge is 0.282 e. The van der Waals surface area contributed by atoms with E-state index < -0.39 is 29.4 Å². The van der Waals surface area contributed by atoms with Crippen LogP contribution in [-0.2, 0) is 6.54 Å². The topological polar surface area (TPSA) is 98.6 Å². The number of aromatic nitrogens is 4. The van der Waals surface area contributed by atoms with Crippen LogP contribution < -0.4 is 15.8 Å². The SMILES string of the molecule is CNC(=O)c1ccc(N2CCN(Cc3ccc4c([nH]c(=O)c5c(C)cnn54)c3F)CC2)c(C(F)F)n1. The molecular weight excluding hydrogens is 475 g/mol. The van der Waals surface area contributed by atoms with Crippen LogP contribution in [0.3, 0.4) is 0 Å². The largest absolute Gasteiger partial charge is 0.367 e. The molecule has 36 heavy (non-hydrogen) atoms. The molecule has 12 heteroatoms. The number of alkyl halides is 2. The minimum Gasteiger partial charge on any atom is -0.367 e. The van der Waals surface area contributed by atoms with Crippen LogP contribution in [0, 0.1) is 12.7 Å². The zero-order valence-electron chi connectivity index (χ0n) is 19.7. The minimum absolute atomic E-state index is 0.0671. The van der Waals surface area contributed by atoms with Crippen LogP contribution in [0.4, 0.5) is 18.9 Å². The molecule has 1 aliphatic rings. The van der Waals surface area contributed by atoms with Gasteiger partial charge in [-0.15, -0.1) is 0 Å². The van der Waals surface area contributed by atoms with Crippen molar-refractivity contribution in [1.82, 2.24) is 29.8 Å². The minimum atomic E-state index is -2.83. The third kappa shape index (κ3) is 4.06. The number of halogens is 3. The van der Waals surface area contributed by atoms with E-state index in [0.717, 1.165) is 0 Å². The molecule has 1 fully saturated rings. The van der Waals surface area contributed by atoms with E-state index >= 15 is 4.39 Å². The number of amides is 1. The molecule has 3 aromatic heterocycles. The highest BCUT2D eigenvalue weighted by molar-refractivity contribution is 5.92. The van der Waals surface area contributed by atoms with Crippen molar-refractivity contribution in [2.24, 2.45) is 0 Å². The maximum Gasteiger partial charge on any atom is 0.282 e. The summed E-state index contributed by atoms with van der Waals surface area (Å²) in [5, 5.41) is 6.59. The molecule has 1 aromatic carbocycles. The van der Waals surface area contributed by atoms with Crippen molar-refractivity contribution >= 4 is 28.1 Å². The van der Waals surface area contributed by atoms with Crippen molar-refractivity contribution in [3.63, 3.8) is 0 Å². The van der Waals surface area contributed by atoms with Gasteiger partial charge in [-0.2, -0.15) is 5.10 Å². The van der Waals surface area contributed by atoms with Crippen molar-refractivity contribution in [3.05, 3.63) is 69.1 Å². The maximum absolute atomic E-state index is 15.4. The van der Waals surface area contributed by atoms with Crippen LogP contribution in [-0.4, -0.2) is 63.6 Å². The molecule has 0 spiro atoms. The number of piperazine rings is 1. The van der Waals surface area contributed by atoms with Crippen LogP contribution in [0.5, 0.6) is 0 Å². The Labute approximate surface area is 203 Å². The number of benzene rings is 1. The van der Waals surface area contributed by atoms with Gasteiger partial charge in [-0.3, -0.25) is 14.5 Å². The van der Waals surface area contributed by atoms with Gasteiger partial charge in [-0.05, 0) is 25.1 Å². The van der Waals surface area contributed by atoms with Crippen LogP contribution in [0.2, 0.25) is 0 Å². The normalized spacial score (nSPS) is 14.8. The first-order chi connectivity index (χ1) is 17.3. The lowest BCUT2D eigenvalue weighted by molar-refractivity contribution is 0.0956. The third-order valence-corrected chi connectivity index (χ3v) is 6.51. The molecular formula is C24H24F3N7O2. The Bertz CT molecular complexity index is 1520. The number of H-pyrrole nitrogens is 1. The van der Waals surface area contributed by atoms with E-state index in [2.05, 4.69) is 20.4 Å². The van der Waals surface area contributed by atoms with Gasteiger partial charge in [0.15, 0.2) is 5.82 Å². The zero-order valence-corrected chi connectivity index (χ0v) is 19.7. The zero-order chi connectivity index (χ0) is 25.6. The number of aryl methyl sites for hydroxylation is 1. The van der Waals surface area contributed by atoms with Gasteiger partial charge in [0.2, 0.25) is 0 Å². The molecule has 1 amide bonds. The first-order valence-corrected chi connectivity index (χ1v) is 11.4. The Morgan fingerprint density at radius 2 is 1.92 bits per heavy atom. The summed E-state index contributed by atoms with van der Waals surface area (Å²) in [7, 11) is 1.41. The molecule has 0 saturated carbocycles. The monoisotopic (exact) mass is 499 g/mol. The Morgan fingerprint density at radius 1 is 1.17 bits per heavy atom. The molecule has 5 rings (SSSR count). The summed E-state index contributed by atoms with van der Waals surface area (Å²) < 4.78 is 44.2. The van der Waals surface area contributed by atoms with Gasteiger partial charge < -0.3 is 15.2 Å². The van der Waals surface area contributed by atoms with Crippen LogP contribution in [0.25, 0.3) is 16.6 Å². The number of carbonyl (C=O) groups excluding carboxylic acids is 1. The highest BCUT2D eigenvalue weighted by atomic mass is 19.3. The quantitative estimate of drug-likeness (QED) is 0.438. The van der Waals surface area contributed by atoms with Gasteiger partial charge in [0.05, 0.1) is 17.4 Å². The second kappa shape index (κ2) is 9.26. The molecule has 2 N–H and O–H groups in total. The first-order valence-electron chi connectivity index (χ1n) is 11.4. The predicted molar refractivity (Wildman–Crippen MR) is 128 cm³/mol. The lowest BCUT2D eigenvalue weighted by atomic mass is 10.1. The van der Waals surface area contributed by atoms with E-state index in [4.69, 9.17) is 0 Å². The highest BCUT2D eigenvalue weighted by Crippen LogP contribution is 2.30. The number of nitrogens with zero attached hydrogens (tertiary/aromatic N) is 5. The second-order valence-electron chi connectivity index (χ2n) is 8.72. The van der Waals surface area contributed by atoms with E-state index in [9.17, 15) is 18.4 Å². The van der Waals surface area contributed by atoms with Crippen molar-refractivity contribution in [1.29, 1.82) is 0 Å². The second-order valence-corrected chi connectivity index (χ2v) is 8.72. The van der Waals surface area contributed by atoms with Gasteiger partial charge in [0, 0.05) is 50.9 Å². The number of hydrogen-bond acceptors (Lipinski definition) is 6. The van der Waals surface area contributed by atoms with Crippen molar-refractivity contribution < 1.29 is 18.0 Å². The molecule has 188 valence electrons. The van der Waals surface area contributed by atoms with Crippen LogP contribution in [0.15, 0.2) is 35.3 Å². The van der Waals surface area contributed by atoms with Gasteiger partial charge >= 0.3 is 0 Å². The summed E-state index contributed by atoms with van der Waals surface area (Å²) in [5.41, 5.74) is 1.43. The average Bonchev–Trinajstić information content (AvgIpc) is 3.28. The predicted octanol–water partition coefficient (Wildman–Crippen LogP) is 2.64. The van der Waals surface area contributed by atoms with Gasteiger partial charge in [-0.25, -0.2) is 22.7 Å². The maximum atomic E-state index is 15.4. The van der Waals surface area contributed by atoms with E-state index in [1.807, 2.05) is 4.90 Å². The molecule has 4 heterocycles. The Kier molecular flexibility index (Phi) is 6.12. The lowest BCUT2D eigenvalue weighted by Gasteiger charge is -2.36. The molecule has 4 aromatic rings. The van der Waals surface area contributed by atoms with E-state index in [0.29, 0.717) is 54.9 Å². The number of pyridine rings is 1. The standard InChI is InChI=1S/C24H24F3N7O2/c1-13-11-29-34-17-5-3-14(18(25)19(17)31-24(36)21(13)34)12-32-7-9-33(10-8-32)16-6-4-15(23(35)28-2)30-20(16)22(26)27/h3-6,11,22H,7-10,12H2,1-2H3,(H,28,35)(H,31,36). The molecule has 0 atom stereocenters. The Hall–Kier alpha value is -3.93. The third-order valence-electron chi connectivity index (χ3n) is 6.51. The fourth-order valence-corrected chi connectivity index (χ4v) is 4.63. The molecule has 1 saturated heterocycles. The van der Waals surface area contributed by atoms with Crippen molar-refractivity contribution in [3.8, 4) is 0 Å². The fourth-order valence-electron chi connectivity index (χ4n) is 4.63. The van der Waals surface area contributed by atoms with Gasteiger partial charge in [0.1, 0.15) is 22.4 Å². The fraction of sp³-hybridized carbons (Fsp3) is 0.333. The highest BCUT2D eigenvalue weighted by Gasteiger charge is 2.25. The summed E-state index contributed by atoms with van der Waals surface area (Å²) in [5.74, 6) is -1.05. The molecule has 9 nitrogen and oxygen atoms in total. The summed E-state index contributed by atoms with van der Waals surface area (Å²) in [6, 6.07) is 6.32. The number of fused-ring (bicyclic) bond motifs is 3. The van der Waals surface area contributed by atoms with Crippen LogP contribution in [0.1, 0.15) is 33.7 Å². The Balaban J connectivity index is 1.34. The van der Waals surface area contributed by atoms with Gasteiger partial charge in [-0.1, -0.05) is 6.07 Å². The summed E-state index contributed by atoms with van der Waals surface area (Å²) in [6.07, 6.45) is -1.27. The van der Waals surface area contributed by atoms with Crippen molar-refractivity contribution in [2.45, 2.75) is 19.9 Å². The summed E-state index contributed by atoms with van der Waals surface area (Å²) >= 11 is 0. The summed E-state index contributed by atoms with van der Waals surface area (Å²) in [6.45, 7) is 3.93. The molecule has 0 bridgehead atoms. The number of rotatable bonds is 5. The van der Waals surface area contributed by atoms with E-state index in [1.165, 1.54) is 23.7 Å². The molecule has 0 aliphatic carbocycles. The number of carbonyl (C=O) groups is 1. The van der Waals surface area contributed by atoms with E-state index in [1.54, 1.807) is 30.2 Å². The number of nitrogens with one attached hydrogen (secondary N) is 2. The molecule has 0 radical (unpaired) electrons. The number of hydrogen-bond donors (Lipinski definition) is 2. The lowest BCUT2D eigenvalue weighted by Crippen LogP contribution is -2.46. The number of aromatic amines is 1. The van der Waals surface area contributed by atoms with Gasteiger partial charge in [0.25, 0.3) is 17.9 Å². The average molecular weight is 499 g/mol. The van der Waals surface area contributed by atoms with Crippen molar-refractivity contribution in [2.75, 3.05) is 38.1 Å². The Morgan fingerprint density at radius 3 is 2.61 bits per heavy atom. The molecule has 0 unspecified atom stereocenters. The van der Waals surface area contributed by atoms with Crippen LogP contribution >= 0.6 is 0 Å². The summed E-state index contributed by atoms with van der Waals surface area (Å²) in [4.78, 5) is 34.6. The first kappa shape index (κ1) is 23.8.